The maximum atomic E-state index is 12.2. The first kappa shape index (κ1) is 24.7. The molecule has 0 saturated heterocycles. The molecule has 0 aliphatic heterocycles. The van der Waals surface area contributed by atoms with Crippen molar-refractivity contribution in [1.82, 2.24) is 14.2 Å². The van der Waals surface area contributed by atoms with Gasteiger partial charge in [0, 0.05) is 11.8 Å². The number of benzene rings is 2. The topological polar surface area (TPSA) is 141 Å². The first-order valence-electron chi connectivity index (χ1n) is 10.3. The largest absolute Gasteiger partial charge is 0.496 e. The Balaban J connectivity index is 1.81. The second-order valence-electron chi connectivity index (χ2n) is 7.30. The van der Waals surface area contributed by atoms with Gasteiger partial charge in [0.1, 0.15) is 25.2 Å². The molecule has 2 aromatic carbocycles. The summed E-state index contributed by atoms with van der Waals surface area (Å²) in [5, 5.41) is 11.2. The summed E-state index contributed by atoms with van der Waals surface area (Å²) in [5.41, 5.74) is 8.42. The van der Waals surface area contributed by atoms with Crippen molar-refractivity contribution >= 4 is 21.7 Å². The van der Waals surface area contributed by atoms with Gasteiger partial charge in [0.2, 0.25) is 0 Å². The van der Waals surface area contributed by atoms with Crippen molar-refractivity contribution in [2.24, 2.45) is 5.22 Å². The fourth-order valence-electron chi connectivity index (χ4n) is 3.14. The van der Waals surface area contributed by atoms with Gasteiger partial charge in [0.25, 0.3) is 10.0 Å². The van der Waals surface area contributed by atoms with Crippen molar-refractivity contribution in [3.05, 3.63) is 59.8 Å². The van der Waals surface area contributed by atoms with Crippen molar-refractivity contribution in [2.75, 3.05) is 25.2 Å². The molecule has 0 saturated carbocycles. The van der Waals surface area contributed by atoms with Crippen molar-refractivity contribution < 1.29 is 28.2 Å². The number of ether oxygens (including phenoxy) is 2. The molecular weight excluding hydrogens is 460 g/mol. The van der Waals surface area contributed by atoms with E-state index in [1.54, 1.807) is 43.3 Å². The molecule has 2 amide bonds. The predicted octanol–water partition coefficient (Wildman–Crippen LogP) is 2.23. The maximum Gasteiger partial charge on any atom is 0.433 e. The lowest BCUT2D eigenvalue weighted by molar-refractivity contribution is -0.248. The average molecular weight is 488 g/mol. The zero-order chi connectivity index (χ0) is 24.9. The molecule has 0 aliphatic carbocycles. The first-order chi connectivity index (χ1) is 16.2. The Bertz CT molecular complexity index is 1300. The van der Waals surface area contributed by atoms with E-state index in [-0.39, 0.29) is 12.4 Å². The number of aromatic nitrogens is 2. The Morgan fingerprint density at radius 3 is 2.65 bits per heavy atom. The summed E-state index contributed by atoms with van der Waals surface area (Å²) >= 11 is 0. The molecule has 1 aromatic heterocycles. The summed E-state index contributed by atoms with van der Waals surface area (Å²) < 4.78 is 36.5. The van der Waals surface area contributed by atoms with Crippen LogP contribution in [0.1, 0.15) is 18.1 Å². The number of aryl methyl sites for hydroxylation is 1. The van der Waals surface area contributed by atoms with Crippen LogP contribution >= 0.6 is 0 Å². The minimum absolute atomic E-state index is 0.0391. The molecule has 0 bridgehead atoms. The van der Waals surface area contributed by atoms with Gasteiger partial charge in [-0.15, -0.1) is 0 Å². The Morgan fingerprint density at radius 2 is 2.00 bits per heavy atom. The van der Waals surface area contributed by atoms with Gasteiger partial charge in [0.15, 0.2) is 0 Å². The minimum atomic E-state index is -3.45. The van der Waals surface area contributed by atoms with Crippen molar-refractivity contribution in [3.63, 3.8) is 0 Å². The van der Waals surface area contributed by atoms with Crippen LogP contribution in [0.4, 0.5) is 10.5 Å². The molecule has 11 nitrogen and oxygen atoms in total. The van der Waals surface area contributed by atoms with Gasteiger partial charge in [-0.2, -0.15) is 14.7 Å². The Hall–Kier alpha value is -3.93. The van der Waals surface area contributed by atoms with Gasteiger partial charge in [-0.1, -0.05) is 11.1 Å². The van der Waals surface area contributed by atoms with Crippen LogP contribution in [-0.4, -0.2) is 48.6 Å². The zero-order valence-electron chi connectivity index (χ0n) is 19.3. The molecule has 0 atom stereocenters. The second kappa shape index (κ2) is 10.3. The smallest absolute Gasteiger partial charge is 0.433 e. The van der Waals surface area contributed by atoms with Crippen LogP contribution in [0.3, 0.4) is 0 Å². The number of nitrogens with two attached hydrogens (primary N) is 1. The standard InChI is InChI=1S/C22H26N6O5S/c1-5-34(30,31)28-12-11-18(25-28)16-9-10-20(15(2)13-16)33-14-17-19(7-6-8-21(17)32-4)24-22(29)27(3)26-23/h6-13,23H,5,14H2,1-4H3,(H,24,29)/p+1. The molecule has 3 aromatic rings. The molecule has 1 heterocycles. The molecule has 0 fully saturated rings. The molecule has 0 radical (unpaired) electrons. The second-order valence-corrected chi connectivity index (χ2v) is 9.41. The highest BCUT2D eigenvalue weighted by Crippen LogP contribution is 2.30. The number of amides is 2. The van der Waals surface area contributed by atoms with Gasteiger partial charge >= 0.3 is 6.03 Å². The molecule has 0 spiro atoms. The van der Waals surface area contributed by atoms with Crippen LogP contribution < -0.4 is 20.3 Å². The molecule has 0 aliphatic rings. The molecule has 12 heteroatoms. The fourth-order valence-corrected chi connectivity index (χ4v) is 3.86. The third kappa shape index (κ3) is 5.34. The van der Waals surface area contributed by atoms with E-state index in [2.05, 4.69) is 15.6 Å². The summed E-state index contributed by atoms with van der Waals surface area (Å²) in [6, 6.07) is 11.8. The van der Waals surface area contributed by atoms with Crippen molar-refractivity contribution in [2.45, 2.75) is 20.5 Å². The Labute approximate surface area is 197 Å². The van der Waals surface area contributed by atoms with Gasteiger partial charge in [-0.25, -0.2) is 13.2 Å². The highest BCUT2D eigenvalue weighted by Gasteiger charge is 2.19. The quantitative estimate of drug-likeness (QED) is 0.350. The number of carbonyl (C=O) groups is 1. The number of urea groups is 1. The van der Waals surface area contributed by atoms with Gasteiger partial charge in [-0.3, -0.25) is 5.32 Å². The third-order valence-electron chi connectivity index (χ3n) is 5.12. The summed E-state index contributed by atoms with van der Waals surface area (Å²) in [6.45, 7) is 3.56. The number of methoxy groups -OCH3 is 1. The lowest BCUT2D eigenvalue weighted by Crippen LogP contribution is -2.37. The summed E-state index contributed by atoms with van der Waals surface area (Å²) in [6.07, 6.45) is 1.43. The van der Waals surface area contributed by atoms with E-state index in [9.17, 15) is 13.2 Å². The lowest BCUT2D eigenvalue weighted by atomic mass is 10.1. The Kier molecular flexibility index (Phi) is 7.51. The van der Waals surface area contributed by atoms with E-state index in [1.807, 2.05) is 13.0 Å². The Morgan fingerprint density at radius 1 is 1.24 bits per heavy atom. The van der Waals surface area contributed by atoms with E-state index < -0.39 is 16.1 Å². The van der Waals surface area contributed by atoms with Gasteiger partial charge in [-0.05, 0) is 55.8 Å². The summed E-state index contributed by atoms with van der Waals surface area (Å²) in [7, 11) is -0.487. The van der Waals surface area contributed by atoms with E-state index in [4.69, 9.17) is 15.0 Å². The molecule has 180 valence electrons. The number of hydrogen-bond donors (Lipinski definition) is 2. The number of anilines is 1. The fraction of sp³-hybridized carbons (Fsp3) is 0.273. The molecule has 34 heavy (non-hydrogen) atoms. The first-order valence-corrected chi connectivity index (χ1v) is 11.9. The highest BCUT2D eigenvalue weighted by atomic mass is 32.2. The van der Waals surface area contributed by atoms with Crippen molar-refractivity contribution in [3.8, 4) is 22.8 Å². The SMILES string of the molecule is CCS(=O)(=O)n1ccc(-c2ccc(OCc3c(NC(=O)N(C)N=[NH2+])cccc3OC)c(C)c2)n1. The van der Waals surface area contributed by atoms with E-state index in [1.165, 1.54) is 20.4 Å². The number of hydrogen-bond acceptors (Lipinski definition) is 7. The lowest BCUT2D eigenvalue weighted by Gasteiger charge is -2.16. The number of rotatable bonds is 9. The maximum absolute atomic E-state index is 12.2. The third-order valence-corrected chi connectivity index (χ3v) is 6.62. The zero-order valence-corrected chi connectivity index (χ0v) is 20.2. The molecule has 3 rings (SSSR count). The number of nitrogens with one attached hydrogen (secondary N) is 1. The van der Waals surface area contributed by atoms with E-state index in [0.717, 1.165) is 20.2 Å². The van der Waals surface area contributed by atoms with E-state index in [0.29, 0.717) is 28.4 Å². The minimum Gasteiger partial charge on any atom is -0.496 e. The van der Waals surface area contributed by atoms with Crippen LogP contribution in [0.5, 0.6) is 11.5 Å². The molecule has 0 unspecified atom stereocenters. The number of nitrogens with zero attached hydrogens (tertiary/aromatic N) is 4. The molecular formula is C22H27N6O5S+. The monoisotopic (exact) mass is 487 g/mol. The summed E-state index contributed by atoms with van der Waals surface area (Å²) in [5.74, 6) is 1.12. The van der Waals surface area contributed by atoms with Crippen LogP contribution in [-0.2, 0) is 16.6 Å². The normalized spacial score (nSPS) is 11.1. The van der Waals surface area contributed by atoms with Crippen LogP contribution in [0.2, 0.25) is 0 Å². The highest BCUT2D eigenvalue weighted by molar-refractivity contribution is 7.89. The van der Waals surface area contributed by atoms with Gasteiger partial charge < -0.3 is 9.47 Å². The van der Waals surface area contributed by atoms with E-state index >= 15 is 0 Å². The van der Waals surface area contributed by atoms with Crippen molar-refractivity contribution in [1.29, 1.82) is 0 Å². The average Bonchev–Trinajstić information content (AvgIpc) is 3.34. The van der Waals surface area contributed by atoms with Crippen LogP contribution in [0.25, 0.3) is 11.3 Å². The molecule has 3 N–H and O–H groups in total. The van der Waals surface area contributed by atoms with Crippen LogP contribution in [0, 0.1) is 6.92 Å². The number of carbonyl (C=O) groups excluding carboxylic acids is 1. The predicted molar refractivity (Wildman–Crippen MR) is 126 cm³/mol. The van der Waals surface area contributed by atoms with Gasteiger partial charge in [0.05, 0.1) is 35.0 Å². The summed E-state index contributed by atoms with van der Waals surface area (Å²) in [4.78, 5) is 12.2. The van der Waals surface area contributed by atoms with Crippen LogP contribution in [0.15, 0.2) is 53.9 Å².